The Hall–Kier alpha value is -1.40. The Morgan fingerprint density at radius 1 is 1.28 bits per heavy atom. The van der Waals surface area contributed by atoms with Crippen LogP contribution in [0, 0.1) is 4.64 Å². The van der Waals surface area contributed by atoms with Crippen molar-refractivity contribution in [2.75, 3.05) is 12.0 Å². The van der Waals surface area contributed by atoms with E-state index in [2.05, 4.69) is 5.10 Å². The second-order valence-electron chi connectivity index (χ2n) is 4.16. The Kier molecular flexibility index (Phi) is 3.68. The van der Waals surface area contributed by atoms with Gasteiger partial charge in [0.2, 0.25) is 0 Å². The maximum absolute atomic E-state index is 11.1. The fourth-order valence-corrected chi connectivity index (χ4v) is 2.39. The van der Waals surface area contributed by atoms with Gasteiger partial charge in [-0.15, -0.1) is 0 Å². The molecule has 1 aromatic heterocycles. The lowest BCUT2D eigenvalue weighted by Crippen LogP contribution is -2.12. The van der Waals surface area contributed by atoms with E-state index in [0.717, 1.165) is 11.3 Å². The van der Waals surface area contributed by atoms with Crippen molar-refractivity contribution < 1.29 is 8.42 Å². The van der Waals surface area contributed by atoms with Crippen LogP contribution in [0.5, 0.6) is 0 Å². The molecule has 1 N–H and O–H groups in total. The van der Waals surface area contributed by atoms with Gasteiger partial charge >= 0.3 is 0 Å². The Bertz CT molecular complexity index is 684. The SMILES string of the molecule is CS(=O)(=O)CCn1[nH]c(-c2ccccc2)cc1=S. The highest BCUT2D eigenvalue weighted by atomic mass is 32.2. The van der Waals surface area contributed by atoms with Gasteiger partial charge in [-0.05, 0) is 11.6 Å². The van der Waals surface area contributed by atoms with E-state index in [1.54, 1.807) is 4.68 Å². The van der Waals surface area contributed by atoms with Crippen LogP contribution in [-0.2, 0) is 16.4 Å². The molecule has 0 unspecified atom stereocenters. The number of aryl methyl sites for hydroxylation is 1. The summed E-state index contributed by atoms with van der Waals surface area (Å²) in [6.07, 6.45) is 1.22. The summed E-state index contributed by atoms with van der Waals surface area (Å²) < 4.78 is 24.6. The lowest BCUT2D eigenvalue weighted by atomic mass is 10.2. The average molecular weight is 282 g/mol. The quantitative estimate of drug-likeness (QED) is 0.875. The lowest BCUT2D eigenvalue weighted by molar-refractivity contribution is 0.585. The third-order valence-corrected chi connectivity index (χ3v) is 3.82. The van der Waals surface area contributed by atoms with Crippen LogP contribution in [0.4, 0.5) is 0 Å². The highest BCUT2D eigenvalue weighted by Gasteiger charge is 2.06. The molecule has 0 aliphatic heterocycles. The minimum Gasteiger partial charge on any atom is -0.297 e. The minimum atomic E-state index is -2.98. The maximum atomic E-state index is 11.1. The Balaban J connectivity index is 2.26. The summed E-state index contributed by atoms with van der Waals surface area (Å²) in [5.41, 5.74) is 1.93. The molecular formula is C12H14N2O2S2. The van der Waals surface area contributed by atoms with Gasteiger partial charge < -0.3 is 0 Å². The molecule has 0 aliphatic carbocycles. The molecule has 6 heteroatoms. The van der Waals surface area contributed by atoms with Crippen LogP contribution >= 0.6 is 12.2 Å². The minimum absolute atomic E-state index is 0.0794. The van der Waals surface area contributed by atoms with Crippen LogP contribution in [-0.4, -0.2) is 30.2 Å². The van der Waals surface area contributed by atoms with Crippen LogP contribution < -0.4 is 0 Å². The zero-order valence-corrected chi connectivity index (χ0v) is 11.6. The molecule has 4 nitrogen and oxygen atoms in total. The molecule has 1 heterocycles. The van der Waals surface area contributed by atoms with Crippen LogP contribution in [0.25, 0.3) is 11.3 Å². The third-order valence-electron chi connectivity index (χ3n) is 2.56. The fraction of sp³-hybridized carbons (Fsp3) is 0.250. The summed E-state index contributed by atoms with van der Waals surface area (Å²) in [5.74, 6) is 0.0794. The Morgan fingerprint density at radius 3 is 2.56 bits per heavy atom. The van der Waals surface area contributed by atoms with Gasteiger partial charge in [-0.2, -0.15) is 0 Å². The molecule has 96 valence electrons. The van der Waals surface area contributed by atoms with E-state index in [4.69, 9.17) is 12.2 Å². The number of nitrogens with zero attached hydrogens (tertiary/aromatic N) is 1. The first-order valence-electron chi connectivity index (χ1n) is 5.49. The molecular weight excluding hydrogens is 268 g/mol. The highest BCUT2D eigenvalue weighted by molar-refractivity contribution is 7.90. The number of H-pyrrole nitrogens is 1. The van der Waals surface area contributed by atoms with Crippen molar-refractivity contribution in [1.29, 1.82) is 0 Å². The number of rotatable bonds is 4. The normalized spacial score (nSPS) is 11.6. The third kappa shape index (κ3) is 3.30. The van der Waals surface area contributed by atoms with Gasteiger partial charge in [0, 0.05) is 6.26 Å². The average Bonchev–Trinajstić information content (AvgIpc) is 2.68. The summed E-state index contributed by atoms with van der Waals surface area (Å²) in [5, 5.41) is 3.12. The zero-order valence-electron chi connectivity index (χ0n) is 9.96. The molecule has 0 atom stereocenters. The maximum Gasteiger partial charge on any atom is 0.149 e. The summed E-state index contributed by atoms with van der Waals surface area (Å²) in [6.45, 7) is 0.352. The van der Waals surface area contributed by atoms with Crippen molar-refractivity contribution in [3.63, 3.8) is 0 Å². The van der Waals surface area contributed by atoms with E-state index < -0.39 is 9.84 Å². The number of nitrogens with one attached hydrogen (secondary N) is 1. The molecule has 0 saturated carbocycles. The number of benzene rings is 1. The van der Waals surface area contributed by atoms with E-state index in [1.165, 1.54) is 6.26 Å². The van der Waals surface area contributed by atoms with Gasteiger partial charge in [-0.25, -0.2) is 8.42 Å². The molecule has 18 heavy (non-hydrogen) atoms. The van der Waals surface area contributed by atoms with Gasteiger partial charge in [-0.3, -0.25) is 9.78 Å². The van der Waals surface area contributed by atoms with Crippen molar-refractivity contribution in [1.82, 2.24) is 9.78 Å². The van der Waals surface area contributed by atoms with Gasteiger partial charge in [0.25, 0.3) is 0 Å². The van der Waals surface area contributed by atoms with Gasteiger partial charge in [0.15, 0.2) is 0 Å². The van der Waals surface area contributed by atoms with Crippen molar-refractivity contribution in [2.24, 2.45) is 0 Å². The second kappa shape index (κ2) is 5.07. The topological polar surface area (TPSA) is 54.9 Å². The second-order valence-corrected chi connectivity index (χ2v) is 6.83. The molecule has 0 spiro atoms. The summed E-state index contributed by atoms with van der Waals surface area (Å²) in [6, 6.07) is 11.6. The smallest absolute Gasteiger partial charge is 0.149 e. The molecule has 2 aromatic rings. The van der Waals surface area contributed by atoms with Gasteiger partial charge in [0.1, 0.15) is 14.5 Å². The number of aromatic nitrogens is 2. The Morgan fingerprint density at radius 2 is 1.94 bits per heavy atom. The van der Waals surface area contributed by atoms with Crippen molar-refractivity contribution in [3.8, 4) is 11.3 Å². The Labute approximate surface area is 111 Å². The number of aromatic amines is 1. The van der Waals surface area contributed by atoms with E-state index >= 15 is 0 Å². The standard InChI is InChI=1S/C12H14N2O2S2/c1-18(15,16)8-7-14-12(17)9-11(13-14)10-5-3-2-4-6-10/h2-6,9,13H,7-8H2,1H3. The van der Waals surface area contributed by atoms with Crippen LogP contribution in [0.3, 0.4) is 0 Å². The largest absolute Gasteiger partial charge is 0.297 e. The summed E-state index contributed by atoms with van der Waals surface area (Å²) in [7, 11) is -2.98. The molecule has 0 bridgehead atoms. The first-order valence-corrected chi connectivity index (χ1v) is 7.95. The van der Waals surface area contributed by atoms with E-state index in [-0.39, 0.29) is 5.75 Å². The molecule has 0 saturated heterocycles. The van der Waals surface area contributed by atoms with Crippen molar-refractivity contribution in [3.05, 3.63) is 41.0 Å². The molecule has 2 rings (SSSR count). The molecule has 0 aliphatic rings. The predicted molar refractivity (Wildman–Crippen MR) is 74.8 cm³/mol. The number of sulfone groups is 1. The molecule has 1 aromatic carbocycles. The van der Waals surface area contributed by atoms with Gasteiger partial charge in [-0.1, -0.05) is 42.5 Å². The zero-order chi connectivity index (χ0) is 13.2. The lowest BCUT2D eigenvalue weighted by Gasteiger charge is -2.02. The van der Waals surface area contributed by atoms with Crippen molar-refractivity contribution in [2.45, 2.75) is 6.54 Å². The van der Waals surface area contributed by atoms with Crippen LogP contribution in [0.2, 0.25) is 0 Å². The summed E-state index contributed by atoms with van der Waals surface area (Å²) in [4.78, 5) is 0. The first-order chi connectivity index (χ1) is 8.46. The predicted octanol–water partition coefficient (Wildman–Crippen LogP) is 2.26. The van der Waals surface area contributed by atoms with Gasteiger partial charge in [0.05, 0.1) is 18.0 Å². The first kappa shape index (κ1) is 13.0. The highest BCUT2D eigenvalue weighted by Crippen LogP contribution is 2.16. The van der Waals surface area contributed by atoms with Crippen LogP contribution in [0.15, 0.2) is 36.4 Å². The summed E-state index contributed by atoms with van der Waals surface area (Å²) >= 11 is 5.20. The van der Waals surface area contributed by atoms with Crippen LogP contribution in [0.1, 0.15) is 0 Å². The number of hydrogen-bond donors (Lipinski definition) is 1. The molecule has 0 amide bonds. The fourth-order valence-electron chi connectivity index (χ4n) is 1.62. The molecule has 0 radical (unpaired) electrons. The van der Waals surface area contributed by atoms with Crippen molar-refractivity contribution >= 4 is 22.1 Å². The number of hydrogen-bond acceptors (Lipinski definition) is 3. The van der Waals surface area contributed by atoms with E-state index in [0.29, 0.717) is 11.2 Å². The molecule has 0 fully saturated rings. The van der Waals surface area contributed by atoms with E-state index in [1.807, 2.05) is 36.4 Å². The monoisotopic (exact) mass is 282 g/mol. The van der Waals surface area contributed by atoms with E-state index in [9.17, 15) is 8.42 Å².